The number of nitrogens with two attached hydrogens (primary N) is 1. The van der Waals surface area contributed by atoms with Crippen molar-refractivity contribution in [2.45, 2.75) is 32.2 Å². The third-order valence-corrected chi connectivity index (χ3v) is 4.04. The Morgan fingerprint density at radius 1 is 1.33 bits per heavy atom. The van der Waals surface area contributed by atoms with Crippen LogP contribution in [0.1, 0.15) is 41.6 Å². The number of piperidine rings is 1. The smallest absolute Gasteiger partial charge is 0.336 e. The summed E-state index contributed by atoms with van der Waals surface area (Å²) in [5.41, 5.74) is 6.42. The lowest BCUT2D eigenvalue weighted by molar-refractivity contribution is -0.118. The van der Waals surface area contributed by atoms with E-state index in [-0.39, 0.29) is 5.91 Å². The van der Waals surface area contributed by atoms with Crippen LogP contribution in [-0.4, -0.2) is 35.0 Å². The molecule has 1 atom stereocenters. The number of amides is 1. The molecule has 5 heteroatoms. The first-order chi connectivity index (χ1) is 10.1. The largest absolute Gasteiger partial charge is 0.478 e. The van der Waals surface area contributed by atoms with E-state index >= 15 is 0 Å². The molecule has 114 valence electrons. The van der Waals surface area contributed by atoms with Gasteiger partial charge >= 0.3 is 5.97 Å². The van der Waals surface area contributed by atoms with Crippen LogP contribution in [0.2, 0.25) is 0 Å². The number of likely N-dealkylation sites (tertiary alicyclic amines) is 1. The lowest BCUT2D eigenvalue weighted by Gasteiger charge is -2.33. The highest BCUT2D eigenvalue weighted by molar-refractivity contribution is 5.89. The van der Waals surface area contributed by atoms with Crippen molar-refractivity contribution in [3.05, 3.63) is 35.4 Å². The van der Waals surface area contributed by atoms with Crippen molar-refractivity contribution >= 4 is 11.9 Å². The predicted octanol–water partition coefficient (Wildman–Crippen LogP) is 1.86. The maximum absolute atomic E-state index is 11.2. The number of hydrogen-bond acceptors (Lipinski definition) is 3. The Hall–Kier alpha value is -1.88. The summed E-state index contributed by atoms with van der Waals surface area (Å²) in [6.45, 7) is 2.53. The van der Waals surface area contributed by atoms with E-state index in [0.717, 1.165) is 37.9 Å². The first-order valence-corrected chi connectivity index (χ1v) is 7.38. The van der Waals surface area contributed by atoms with Gasteiger partial charge in [-0.1, -0.05) is 18.2 Å². The second-order valence-electron chi connectivity index (χ2n) is 5.71. The maximum Gasteiger partial charge on any atom is 0.336 e. The van der Waals surface area contributed by atoms with Crippen LogP contribution >= 0.6 is 0 Å². The number of rotatable bonds is 6. The van der Waals surface area contributed by atoms with Gasteiger partial charge in [0.25, 0.3) is 0 Å². The molecule has 0 bridgehead atoms. The van der Waals surface area contributed by atoms with Gasteiger partial charge in [-0.2, -0.15) is 0 Å². The van der Waals surface area contributed by atoms with Crippen LogP contribution in [0.3, 0.4) is 0 Å². The minimum absolute atomic E-state index is 0.247. The molecule has 1 saturated heterocycles. The second-order valence-corrected chi connectivity index (χ2v) is 5.71. The zero-order valence-electron chi connectivity index (χ0n) is 12.1. The Bertz CT molecular complexity index is 516. The number of benzene rings is 1. The van der Waals surface area contributed by atoms with Crippen LogP contribution < -0.4 is 5.73 Å². The Morgan fingerprint density at radius 3 is 2.81 bits per heavy atom. The van der Waals surface area contributed by atoms with Crippen molar-refractivity contribution in [2.24, 2.45) is 11.7 Å². The predicted molar refractivity (Wildman–Crippen MR) is 79.8 cm³/mol. The fourth-order valence-electron chi connectivity index (χ4n) is 2.98. The van der Waals surface area contributed by atoms with E-state index in [4.69, 9.17) is 5.73 Å². The van der Waals surface area contributed by atoms with Crippen molar-refractivity contribution in [3.8, 4) is 0 Å². The van der Waals surface area contributed by atoms with Gasteiger partial charge in [-0.15, -0.1) is 0 Å². The molecule has 1 unspecified atom stereocenters. The van der Waals surface area contributed by atoms with E-state index in [0.29, 0.717) is 24.4 Å². The summed E-state index contributed by atoms with van der Waals surface area (Å²) in [6, 6.07) is 7.14. The first-order valence-electron chi connectivity index (χ1n) is 7.38. The number of carboxylic acids is 1. The van der Waals surface area contributed by atoms with Crippen molar-refractivity contribution in [1.29, 1.82) is 0 Å². The van der Waals surface area contributed by atoms with Gasteiger partial charge in [-0.05, 0) is 43.4 Å². The molecule has 2 rings (SSSR count). The molecule has 1 aliphatic rings. The van der Waals surface area contributed by atoms with Gasteiger partial charge in [-0.3, -0.25) is 9.69 Å². The third kappa shape index (κ3) is 4.56. The molecule has 0 saturated carbocycles. The van der Waals surface area contributed by atoms with Crippen LogP contribution in [0.15, 0.2) is 24.3 Å². The summed E-state index contributed by atoms with van der Waals surface area (Å²) in [7, 11) is 0. The minimum Gasteiger partial charge on any atom is -0.478 e. The average molecular weight is 290 g/mol. The summed E-state index contributed by atoms with van der Waals surface area (Å²) < 4.78 is 0. The number of primary amides is 1. The monoisotopic (exact) mass is 290 g/mol. The van der Waals surface area contributed by atoms with E-state index < -0.39 is 5.97 Å². The molecular formula is C16H22N2O3. The summed E-state index contributed by atoms with van der Waals surface area (Å²) >= 11 is 0. The maximum atomic E-state index is 11.2. The molecule has 0 aromatic heterocycles. The van der Waals surface area contributed by atoms with Gasteiger partial charge in [-0.25, -0.2) is 4.79 Å². The highest BCUT2D eigenvalue weighted by Crippen LogP contribution is 2.23. The Kier molecular flexibility index (Phi) is 5.33. The average Bonchev–Trinajstić information content (AvgIpc) is 2.46. The van der Waals surface area contributed by atoms with Crippen LogP contribution in [-0.2, 0) is 11.3 Å². The standard InChI is InChI=1S/C16H22N2O3/c17-15(19)8-7-12-4-3-9-18(10-12)11-13-5-1-2-6-14(13)16(20)21/h1-2,5-6,12H,3-4,7-11H2,(H2,17,19)(H,20,21). The minimum atomic E-state index is -0.882. The highest BCUT2D eigenvalue weighted by Gasteiger charge is 2.21. The SMILES string of the molecule is NC(=O)CCC1CCCN(Cc2ccccc2C(=O)O)C1. The van der Waals surface area contributed by atoms with E-state index in [9.17, 15) is 14.7 Å². The second kappa shape index (κ2) is 7.22. The lowest BCUT2D eigenvalue weighted by Crippen LogP contribution is -2.35. The Balaban J connectivity index is 1.96. The molecule has 0 radical (unpaired) electrons. The molecule has 3 N–H and O–H groups in total. The van der Waals surface area contributed by atoms with E-state index in [2.05, 4.69) is 4.90 Å². The van der Waals surface area contributed by atoms with Crippen LogP contribution in [0.5, 0.6) is 0 Å². The molecule has 21 heavy (non-hydrogen) atoms. The van der Waals surface area contributed by atoms with Gasteiger partial charge in [0, 0.05) is 19.5 Å². The molecule has 1 aromatic carbocycles. The molecule has 1 heterocycles. The van der Waals surface area contributed by atoms with Gasteiger partial charge in [0.05, 0.1) is 5.56 Å². The Morgan fingerprint density at radius 2 is 2.10 bits per heavy atom. The zero-order valence-corrected chi connectivity index (χ0v) is 12.1. The van der Waals surface area contributed by atoms with E-state index in [1.165, 1.54) is 0 Å². The molecule has 1 aliphatic heterocycles. The quantitative estimate of drug-likeness (QED) is 0.837. The van der Waals surface area contributed by atoms with Gasteiger partial charge in [0.2, 0.25) is 5.91 Å². The van der Waals surface area contributed by atoms with Crippen molar-refractivity contribution in [2.75, 3.05) is 13.1 Å². The molecule has 1 fully saturated rings. The number of carboxylic acid groups (broad SMARTS) is 1. The fourth-order valence-corrected chi connectivity index (χ4v) is 2.98. The normalized spacial score (nSPS) is 19.3. The molecular weight excluding hydrogens is 268 g/mol. The summed E-state index contributed by atoms with van der Waals surface area (Å²) in [6.07, 6.45) is 3.46. The number of carbonyl (C=O) groups excluding carboxylic acids is 1. The molecule has 5 nitrogen and oxygen atoms in total. The molecule has 1 aromatic rings. The van der Waals surface area contributed by atoms with Crippen LogP contribution in [0, 0.1) is 5.92 Å². The van der Waals surface area contributed by atoms with Gasteiger partial charge in [0.15, 0.2) is 0 Å². The zero-order chi connectivity index (χ0) is 15.2. The Labute approximate surface area is 124 Å². The molecule has 1 amide bonds. The van der Waals surface area contributed by atoms with E-state index in [1.54, 1.807) is 12.1 Å². The number of hydrogen-bond donors (Lipinski definition) is 2. The first kappa shape index (κ1) is 15.5. The summed E-state index contributed by atoms with van der Waals surface area (Å²) in [5, 5.41) is 9.22. The van der Waals surface area contributed by atoms with Crippen molar-refractivity contribution in [1.82, 2.24) is 4.90 Å². The number of aromatic carboxylic acids is 1. The van der Waals surface area contributed by atoms with Gasteiger partial charge in [0.1, 0.15) is 0 Å². The topological polar surface area (TPSA) is 83.6 Å². The third-order valence-electron chi connectivity index (χ3n) is 4.04. The molecule has 0 spiro atoms. The lowest BCUT2D eigenvalue weighted by atomic mass is 9.92. The van der Waals surface area contributed by atoms with Crippen LogP contribution in [0.4, 0.5) is 0 Å². The summed E-state index contributed by atoms with van der Waals surface area (Å²) in [5.74, 6) is -0.653. The van der Waals surface area contributed by atoms with Crippen molar-refractivity contribution in [3.63, 3.8) is 0 Å². The van der Waals surface area contributed by atoms with E-state index in [1.807, 2.05) is 12.1 Å². The van der Waals surface area contributed by atoms with Crippen LogP contribution in [0.25, 0.3) is 0 Å². The van der Waals surface area contributed by atoms with Crippen molar-refractivity contribution < 1.29 is 14.7 Å². The number of nitrogens with zero attached hydrogens (tertiary/aromatic N) is 1. The fraction of sp³-hybridized carbons (Fsp3) is 0.500. The molecule has 0 aliphatic carbocycles. The van der Waals surface area contributed by atoms with Gasteiger partial charge < -0.3 is 10.8 Å². The highest BCUT2D eigenvalue weighted by atomic mass is 16.4. The summed E-state index contributed by atoms with van der Waals surface area (Å²) in [4.78, 5) is 24.4. The number of carbonyl (C=O) groups is 2.